The summed E-state index contributed by atoms with van der Waals surface area (Å²) in [5.74, 6) is -2.61. The number of para-hydroxylation sites is 1. The van der Waals surface area contributed by atoms with Crippen molar-refractivity contribution in [2.75, 3.05) is 13.1 Å². The lowest BCUT2D eigenvalue weighted by Gasteiger charge is -2.40. The molecule has 14 heteroatoms. The minimum absolute atomic E-state index is 0.00857. The summed E-state index contributed by atoms with van der Waals surface area (Å²) in [6, 6.07) is 8.29. The summed E-state index contributed by atoms with van der Waals surface area (Å²) in [6.45, 7) is 10.4. The normalized spacial score (nSPS) is 18.1. The van der Waals surface area contributed by atoms with E-state index in [0.717, 1.165) is 12.5 Å². The maximum Gasteiger partial charge on any atom is 0.418 e. The second-order valence-corrected chi connectivity index (χ2v) is 13.9. The number of aryl methyl sites for hydroxylation is 1. The lowest BCUT2D eigenvalue weighted by atomic mass is 9.78. The summed E-state index contributed by atoms with van der Waals surface area (Å²) >= 11 is 5.34. The van der Waals surface area contributed by atoms with Gasteiger partial charge in [-0.3, -0.25) is 14.4 Å². The van der Waals surface area contributed by atoms with Gasteiger partial charge in [-0.05, 0) is 67.1 Å². The molecule has 51 heavy (non-hydrogen) atoms. The Hall–Kier alpha value is -4.20. The van der Waals surface area contributed by atoms with Crippen LogP contribution in [0.4, 0.5) is 17.6 Å². The van der Waals surface area contributed by atoms with Crippen LogP contribution < -0.4 is 26.6 Å². The van der Waals surface area contributed by atoms with Crippen LogP contribution in [-0.2, 0) is 39.8 Å². The molecule has 4 rings (SSSR count). The Morgan fingerprint density at radius 2 is 1.67 bits per heavy atom. The smallest absolute Gasteiger partial charge is 0.363 e. The van der Waals surface area contributed by atoms with Gasteiger partial charge in [0.25, 0.3) is 0 Å². The molecule has 0 aliphatic heterocycles. The van der Waals surface area contributed by atoms with Crippen LogP contribution in [0.25, 0.3) is 10.9 Å². The summed E-state index contributed by atoms with van der Waals surface area (Å²) in [7, 11) is 0. The second-order valence-electron chi connectivity index (χ2n) is 13.5. The Bertz CT molecular complexity index is 1730. The van der Waals surface area contributed by atoms with Gasteiger partial charge in [0.15, 0.2) is 5.11 Å². The predicted molar refractivity (Wildman–Crippen MR) is 193 cm³/mol. The molecule has 6 N–H and O–H groups in total. The molecule has 0 saturated heterocycles. The molecule has 0 bridgehead atoms. The first-order valence-electron chi connectivity index (χ1n) is 17.5. The minimum Gasteiger partial charge on any atom is -0.363 e. The van der Waals surface area contributed by atoms with Crippen LogP contribution in [0.3, 0.4) is 0 Å². The third kappa shape index (κ3) is 9.38. The topological polar surface area (TPSA) is 127 Å². The number of hydrogen-bond acceptors (Lipinski definition) is 4. The van der Waals surface area contributed by atoms with Gasteiger partial charge in [-0.25, -0.2) is 4.39 Å². The highest BCUT2D eigenvalue weighted by Gasteiger charge is 2.47. The van der Waals surface area contributed by atoms with E-state index in [-0.39, 0.29) is 48.6 Å². The molecule has 1 aromatic heterocycles. The number of halogens is 4. The second kappa shape index (κ2) is 16.9. The number of alkyl halides is 3. The quantitative estimate of drug-likeness (QED) is 0.0967. The highest BCUT2D eigenvalue weighted by Crippen LogP contribution is 2.40. The van der Waals surface area contributed by atoms with Crippen LogP contribution in [0.2, 0.25) is 0 Å². The first kappa shape index (κ1) is 39.6. The number of aromatic nitrogens is 1. The zero-order valence-corrected chi connectivity index (χ0v) is 30.5. The fourth-order valence-corrected chi connectivity index (χ4v) is 6.76. The van der Waals surface area contributed by atoms with Crippen LogP contribution in [0.1, 0.15) is 76.3 Å². The maximum absolute atomic E-state index is 14.6. The van der Waals surface area contributed by atoms with Gasteiger partial charge in [0.1, 0.15) is 17.4 Å². The van der Waals surface area contributed by atoms with E-state index in [4.69, 9.17) is 12.2 Å². The number of H-pyrrole nitrogens is 1. The average molecular weight is 733 g/mol. The van der Waals surface area contributed by atoms with Crippen molar-refractivity contribution in [3.63, 3.8) is 0 Å². The molecule has 5 atom stereocenters. The number of benzene rings is 2. The van der Waals surface area contributed by atoms with E-state index in [1.165, 1.54) is 24.3 Å². The summed E-state index contributed by atoms with van der Waals surface area (Å²) in [4.78, 5) is 45.0. The standard InChI is InChI=1S/C37H48F4N6O3S/c1-6-21(4)29(20-43-35(51)42-8-3)45-34(50)36(17-16-28-25(19-36)24-13-11-14-26(32(24)44-28)37(39,40)41)47-33(49)31(22(5)7-2)46-30(48)18-23-12-9-10-15-27(23)38/h9-15,21-22,29,31,44H,6-8,16-20H2,1-5H3,(H,45,50)(H,46,48)(H,47,49)(H2,42,43,51)/t21-,22?,29?,31-,36+/m0/s1. The van der Waals surface area contributed by atoms with Crippen molar-refractivity contribution >= 4 is 46.0 Å². The SMILES string of the molecule is CCNC(=S)NCC(NC(=O)[C@@]1(NC(=O)[C@@H](NC(=O)Cc2ccccc2F)C(C)CC)CCc2[nH]c3c(C(F)(F)F)cccc3c2C1)[C@@H](C)CC. The molecule has 0 radical (unpaired) electrons. The van der Waals surface area contributed by atoms with Crippen LogP contribution in [-0.4, -0.2) is 58.5 Å². The van der Waals surface area contributed by atoms with Gasteiger partial charge < -0.3 is 31.6 Å². The van der Waals surface area contributed by atoms with Crippen LogP contribution >= 0.6 is 12.2 Å². The van der Waals surface area contributed by atoms with Crippen molar-refractivity contribution in [2.45, 2.75) is 96.9 Å². The molecule has 278 valence electrons. The number of fused-ring (bicyclic) bond motifs is 3. The van der Waals surface area contributed by atoms with E-state index in [1.807, 2.05) is 27.7 Å². The number of aromatic amines is 1. The number of amides is 3. The highest BCUT2D eigenvalue weighted by atomic mass is 32.1. The molecular formula is C37H48F4N6O3S. The lowest BCUT2D eigenvalue weighted by Crippen LogP contribution is -2.67. The Kier molecular flexibility index (Phi) is 13.1. The minimum atomic E-state index is -4.61. The monoisotopic (exact) mass is 732 g/mol. The first-order valence-corrected chi connectivity index (χ1v) is 17.9. The third-order valence-corrected chi connectivity index (χ3v) is 10.3. The molecule has 1 aliphatic rings. The molecule has 0 saturated carbocycles. The van der Waals surface area contributed by atoms with Gasteiger partial charge in [-0.1, -0.05) is 70.9 Å². The van der Waals surface area contributed by atoms with E-state index in [1.54, 1.807) is 19.1 Å². The zero-order valence-electron chi connectivity index (χ0n) is 29.7. The number of nitrogens with one attached hydrogen (secondary N) is 6. The number of carbonyl (C=O) groups excluding carboxylic acids is 3. The molecule has 2 aromatic carbocycles. The average Bonchev–Trinajstić information content (AvgIpc) is 3.46. The van der Waals surface area contributed by atoms with E-state index in [9.17, 15) is 31.9 Å². The Labute approximate surface area is 301 Å². The van der Waals surface area contributed by atoms with Gasteiger partial charge in [0, 0.05) is 36.6 Å². The molecule has 0 spiro atoms. The number of hydrogen-bond donors (Lipinski definition) is 6. The summed E-state index contributed by atoms with van der Waals surface area (Å²) < 4.78 is 56.4. The largest absolute Gasteiger partial charge is 0.418 e. The van der Waals surface area contributed by atoms with Crippen LogP contribution in [0.15, 0.2) is 42.5 Å². The van der Waals surface area contributed by atoms with E-state index < -0.39 is 52.9 Å². The molecule has 1 heterocycles. The van der Waals surface area contributed by atoms with E-state index >= 15 is 0 Å². The Balaban J connectivity index is 1.71. The fraction of sp³-hybridized carbons (Fsp3) is 0.514. The predicted octanol–water partition coefficient (Wildman–Crippen LogP) is 5.46. The van der Waals surface area contributed by atoms with Crippen molar-refractivity contribution in [1.82, 2.24) is 31.6 Å². The summed E-state index contributed by atoms with van der Waals surface area (Å²) in [5.41, 5.74) is -1.23. The summed E-state index contributed by atoms with van der Waals surface area (Å²) in [5, 5.41) is 15.8. The van der Waals surface area contributed by atoms with Crippen LogP contribution in [0.5, 0.6) is 0 Å². The van der Waals surface area contributed by atoms with Gasteiger partial charge in [-0.15, -0.1) is 0 Å². The van der Waals surface area contributed by atoms with E-state index in [0.29, 0.717) is 41.3 Å². The van der Waals surface area contributed by atoms with Crippen molar-refractivity contribution in [3.8, 4) is 0 Å². The molecule has 1 aliphatic carbocycles. The van der Waals surface area contributed by atoms with Gasteiger partial charge in [-0.2, -0.15) is 13.2 Å². The van der Waals surface area contributed by atoms with Gasteiger partial charge >= 0.3 is 6.18 Å². The number of thiocarbonyl (C=S) groups is 1. The first-order chi connectivity index (χ1) is 24.1. The van der Waals surface area contributed by atoms with Gasteiger partial charge in [0.05, 0.1) is 17.5 Å². The molecular weight excluding hydrogens is 685 g/mol. The Morgan fingerprint density at radius 3 is 2.31 bits per heavy atom. The molecule has 0 fully saturated rings. The lowest BCUT2D eigenvalue weighted by molar-refractivity contribution is -0.137. The number of rotatable bonds is 14. The molecule has 2 unspecified atom stereocenters. The molecule has 3 aromatic rings. The highest BCUT2D eigenvalue weighted by molar-refractivity contribution is 7.80. The van der Waals surface area contributed by atoms with Crippen molar-refractivity contribution in [1.29, 1.82) is 0 Å². The maximum atomic E-state index is 14.6. The molecule has 9 nitrogen and oxygen atoms in total. The van der Waals surface area contributed by atoms with Crippen LogP contribution in [0, 0.1) is 17.7 Å². The Morgan fingerprint density at radius 1 is 0.961 bits per heavy atom. The zero-order chi connectivity index (χ0) is 37.5. The number of carbonyl (C=O) groups is 3. The third-order valence-electron chi connectivity index (χ3n) is 10.0. The van der Waals surface area contributed by atoms with Crippen molar-refractivity contribution in [2.24, 2.45) is 11.8 Å². The van der Waals surface area contributed by atoms with Crippen molar-refractivity contribution < 1.29 is 31.9 Å². The van der Waals surface area contributed by atoms with Crippen molar-refractivity contribution in [3.05, 3.63) is 70.7 Å². The van der Waals surface area contributed by atoms with E-state index in [2.05, 4.69) is 31.6 Å². The molecule has 3 amide bonds. The fourth-order valence-electron chi connectivity index (χ4n) is 6.53. The summed E-state index contributed by atoms with van der Waals surface area (Å²) in [6.07, 6.45) is -3.51. The van der Waals surface area contributed by atoms with Gasteiger partial charge in [0.2, 0.25) is 17.7 Å².